The van der Waals surface area contributed by atoms with E-state index in [1.807, 2.05) is 4.90 Å². The van der Waals surface area contributed by atoms with Gasteiger partial charge in [-0.3, -0.25) is 4.72 Å². The summed E-state index contributed by atoms with van der Waals surface area (Å²) in [6, 6.07) is 11.4. The van der Waals surface area contributed by atoms with Crippen molar-refractivity contribution in [2.75, 3.05) is 43.0 Å². The molecule has 0 atom stereocenters. The van der Waals surface area contributed by atoms with Crippen molar-refractivity contribution in [3.63, 3.8) is 0 Å². The number of rotatable bonds is 5. The second-order valence-electron chi connectivity index (χ2n) is 5.52. The van der Waals surface area contributed by atoms with Gasteiger partial charge in [-0.25, -0.2) is 8.42 Å². The third kappa shape index (κ3) is 4.00. The normalized spacial score (nSPS) is 15.0. The third-order valence-corrected chi connectivity index (χ3v) is 5.61. The minimum Gasteiger partial charge on any atom is -0.497 e. The van der Waals surface area contributed by atoms with E-state index in [-0.39, 0.29) is 4.90 Å². The number of hydrogen-bond acceptors (Lipinski definition) is 5. The van der Waals surface area contributed by atoms with Gasteiger partial charge in [-0.1, -0.05) is 17.7 Å². The molecule has 1 fully saturated rings. The van der Waals surface area contributed by atoms with E-state index < -0.39 is 10.0 Å². The zero-order chi connectivity index (χ0) is 17.9. The minimum atomic E-state index is -3.74. The molecular formula is C17H19ClN2O4S. The van der Waals surface area contributed by atoms with E-state index in [0.717, 1.165) is 0 Å². The van der Waals surface area contributed by atoms with Gasteiger partial charge in [0.2, 0.25) is 0 Å². The molecule has 0 aliphatic carbocycles. The van der Waals surface area contributed by atoms with Gasteiger partial charge in [-0.15, -0.1) is 0 Å². The van der Waals surface area contributed by atoms with Crippen molar-refractivity contribution in [2.24, 2.45) is 0 Å². The summed E-state index contributed by atoms with van der Waals surface area (Å²) in [6.45, 7) is 2.47. The summed E-state index contributed by atoms with van der Waals surface area (Å²) in [5.74, 6) is 0.593. The molecule has 0 bridgehead atoms. The Morgan fingerprint density at radius 3 is 2.44 bits per heavy atom. The molecule has 1 N–H and O–H groups in total. The quantitative estimate of drug-likeness (QED) is 0.861. The number of halogens is 1. The molecule has 1 aliphatic rings. The van der Waals surface area contributed by atoms with Gasteiger partial charge < -0.3 is 14.4 Å². The van der Waals surface area contributed by atoms with Crippen LogP contribution in [0.5, 0.6) is 5.75 Å². The first-order chi connectivity index (χ1) is 12.0. The molecule has 1 heterocycles. The maximum atomic E-state index is 12.7. The highest BCUT2D eigenvalue weighted by atomic mass is 35.5. The van der Waals surface area contributed by atoms with E-state index in [1.165, 1.54) is 19.2 Å². The summed E-state index contributed by atoms with van der Waals surface area (Å²) in [4.78, 5) is 2.18. The standard InChI is InChI=1S/C17H19ClN2O4S/c1-23-13-5-7-14(8-6-13)25(21,22)19-16-4-2-3-15(18)17(16)20-9-11-24-12-10-20/h2-8,19H,9-12H2,1H3. The van der Waals surface area contributed by atoms with Gasteiger partial charge in [0.05, 0.1) is 41.6 Å². The molecule has 0 aromatic heterocycles. The van der Waals surface area contributed by atoms with Crippen LogP contribution in [0.2, 0.25) is 5.02 Å². The van der Waals surface area contributed by atoms with Crippen LogP contribution < -0.4 is 14.4 Å². The average molecular weight is 383 g/mol. The summed E-state index contributed by atoms with van der Waals surface area (Å²) in [7, 11) is -2.21. The molecule has 0 spiro atoms. The number of hydrogen-bond donors (Lipinski definition) is 1. The van der Waals surface area contributed by atoms with Gasteiger partial charge in [-0.2, -0.15) is 0 Å². The molecule has 2 aromatic carbocycles. The lowest BCUT2D eigenvalue weighted by atomic mass is 10.2. The largest absolute Gasteiger partial charge is 0.497 e. The van der Waals surface area contributed by atoms with E-state index in [4.69, 9.17) is 21.1 Å². The fourth-order valence-electron chi connectivity index (χ4n) is 2.66. The maximum absolute atomic E-state index is 12.7. The van der Waals surface area contributed by atoms with Gasteiger partial charge in [0, 0.05) is 13.1 Å². The Morgan fingerprint density at radius 1 is 1.12 bits per heavy atom. The lowest BCUT2D eigenvalue weighted by Crippen LogP contribution is -2.37. The van der Waals surface area contributed by atoms with Crippen molar-refractivity contribution in [2.45, 2.75) is 4.90 Å². The summed E-state index contributed by atoms with van der Waals surface area (Å²) in [6.07, 6.45) is 0. The fourth-order valence-corrected chi connectivity index (χ4v) is 4.03. The smallest absolute Gasteiger partial charge is 0.261 e. The molecule has 0 radical (unpaired) electrons. The molecular weight excluding hydrogens is 364 g/mol. The Morgan fingerprint density at radius 2 is 1.80 bits per heavy atom. The molecule has 3 rings (SSSR count). The van der Waals surface area contributed by atoms with E-state index in [2.05, 4.69) is 4.72 Å². The van der Waals surface area contributed by atoms with Gasteiger partial charge in [0.1, 0.15) is 5.75 Å². The highest BCUT2D eigenvalue weighted by molar-refractivity contribution is 7.92. The highest BCUT2D eigenvalue weighted by Crippen LogP contribution is 2.35. The second kappa shape index (κ2) is 7.51. The molecule has 1 aliphatic heterocycles. The Labute approximate surface area is 152 Å². The van der Waals surface area contributed by atoms with Crippen LogP contribution in [0.4, 0.5) is 11.4 Å². The van der Waals surface area contributed by atoms with Crippen LogP contribution >= 0.6 is 11.6 Å². The van der Waals surface area contributed by atoms with E-state index in [9.17, 15) is 8.42 Å². The monoisotopic (exact) mass is 382 g/mol. The number of methoxy groups -OCH3 is 1. The van der Waals surface area contributed by atoms with Crippen LogP contribution in [0.25, 0.3) is 0 Å². The molecule has 8 heteroatoms. The zero-order valence-corrected chi connectivity index (χ0v) is 15.3. The summed E-state index contributed by atoms with van der Waals surface area (Å²) >= 11 is 6.34. The van der Waals surface area contributed by atoms with Crippen LogP contribution in [0.15, 0.2) is 47.4 Å². The SMILES string of the molecule is COc1ccc(S(=O)(=O)Nc2cccc(Cl)c2N2CCOCC2)cc1. The molecule has 25 heavy (non-hydrogen) atoms. The first-order valence-electron chi connectivity index (χ1n) is 7.79. The van der Waals surface area contributed by atoms with Gasteiger partial charge in [-0.05, 0) is 36.4 Å². The van der Waals surface area contributed by atoms with Crippen LogP contribution in [0.1, 0.15) is 0 Å². The lowest BCUT2D eigenvalue weighted by molar-refractivity contribution is 0.123. The van der Waals surface area contributed by atoms with Crippen LogP contribution in [0, 0.1) is 0 Å². The number of nitrogens with one attached hydrogen (secondary N) is 1. The van der Waals surface area contributed by atoms with E-state index in [1.54, 1.807) is 30.3 Å². The van der Waals surface area contributed by atoms with Crippen LogP contribution in [-0.4, -0.2) is 41.8 Å². The fraction of sp³-hybridized carbons (Fsp3) is 0.294. The lowest BCUT2D eigenvalue weighted by Gasteiger charge is -2.31. The van der Waals surface area contributed by atoms with Crippen LogP contribution in [0.3, 0.4) is 0 Å². The Kier molecular flexibility index (Phi) is 5.36. The maximum Gasteiger partial charge on any atom is 0.261 e. The summed E-state index contributed by atoms with van der Waals surface area (Å²) in [5.41, 5.74) is 1.12. The summed E-state index contributed by atoms with van der Waals surface area (Å²) in [5, 5.41) is 0.497. The molecule has 6 nitrogen and oxygen atoms in total. The van der Waals surface area contributed by atoms with Gasteiger partial charge in [0.25, 0.3) is 10.0 Å². The number of morpholine rings is 1. The Balaban J connectivity index is 1.92. The highest BCUT2D eigenvalue weighted by Gasteiger charge is 2.22. The molecule has 1 saturated heterocycles. The predicted octanol–water partition coefficient (Wildman–Crippen LogP) is 2.99. The summed E-state index contributed by atoms with van der Waals surface area (Å²) < 4.78 is 38.5. The number of benzene rings is 2. The van der Waals surface area contributed by atoms with Crippen molar-refractivity contribution in [1.82, 2.24) is 0 Å². The Hall–Kier alpha value is -1.96. The van der Waals surface area contributed by atoms with E-state index >= 15 is 0 Å². The van der Waals surface area contributed by atoms with Crippen molar-refractivity contribution in [3.8, 4) is 5.75 Å². The second-order valence-corrected chi connectivity index (χ2v) is 7.61. The number of ether oxygens (including phenoxy) is 2. The van der Waals surface area contributed by atoms with Gasteiger partial charge >= 0.3 is 0 Å². The molecule has 2 aromatic rings. The minimum absolute atomic E-state index is 0.154. The Bertz CT molecular complexity index is 834. The third-order valence-electron chi connectivity index (χ3n) is 3.93. The molecule has 0 unspecified atom stereocenters. The van der Waals surface area contributed by atoms with E-state index in [0.29, 0.717) is 48.5 Å². The van der Waals surface area contributed by atoms with Crippen molar-refractivity contribution >= 4 is 33.0 Å². The number of anilines is 2. The van der Waals surface area contributed by atoms with Crippen molar-refractivity contribution < 1.29 is 17.9 Å². The van der Waals surface area contributed by atoms with Gasteiger partial charge in [0.15, 0.2) is 0 Å². The molecule has 0 saturated carbocycles. The van der Waals surface area contributed by atoms with Crippen molar-refractivity contribution in [1.29, 1.82) is 0 Å². The average Bonchev–Trinajstić information content (AvgIpc) is 2.62. The molecule has 0 amide bonds. The van der Waals surface area contributed by atoms with Crippen LogP contribution in [-0.2, 0) is 14.8 Å². The number of nitrogens with zero attached hydrogens (tertiary/aromatic N) is 1. The first-order valence-corrected chi connectivity index (χ1v) is 9.65. The predicted molar refractivity (Wildman–Crippen MR) is 98.3 cm³/mol. The zero-order valence-electron chi connectivity index (χ0n) is 13.7. The molecule has 134 valence electrons. The first kappa shape index (κ1) is 17.8. The number of para-hydroxylation sites is 1. The topological polar surface area (TPSA) is 67.9 Å². The number of sulfonamides is 1. The van der Waals surface area contributed by atoms with Crippen molar-refractivity contribution in [3.05, 3.63) is 47.5 Å².